The van der Waals surface area contributed by atoms with Crippen LogP contribution in [0.25, 0.3) is 0 Å². The fourth-order valence-electron chi connectivity index (χ4n) is 1.42. The number of aliphatic hydroxyl groups is 1. The van der Waals surface area contributed by atoms with Gasteiger partial charge in [-0.25, -0.2) is 0 Å². The number of carbonyl (C=O) groups excluding carboxylic acids is 1. The van der Waals surface area contributed by atoms with Crippen LogP contribution in [-0.2, 0) is 14.3 Å². The molecular formula is C13H28N2O4. The van der Waals surface area contributed by atoms with Crippen molar-refractivity contribution in [3.63, 3.8) is 0 Å². The first-order valence-electron chi connectivity index (χ1n) is 6.80. The number of rotatable bonds is 11. The molecule has 0 aliphatic carbocycles. The molecule has 0 spiro atoms. The fraction of sp³-hybridized carbons (Fsp3) is 0.923. The van der Waals surface area contributed by atoms with Crippen LogP contribution in [0.5, 0.6) is 0 Å². The molecule has 1 amide bonds. The Morgan fingerprint density at radius 1 is 1.32 bits per heavy atom. The molecule has 3 atom stereocenters. The standard InChI is InChI=1S/C13H28N2O4/c1-5-6-14-13(17)11(3)15-7-12(16)9-19-10(2)8-18-4/h10-12,15-16H,5-9H2,1-4H3,(H,14,17). The Hall–Kier alpha value is -0.690. The molecule has 0 saturated carbocycles. The minimum absolute atomic E-state index is 0.0510. The van der Waals surface area contributed by atoms with Gasteiger partial charge in [-0.2, -0.15) is 0 Å². The van der Waals surface area contributed by atoms with Gasteiger partial charge in [0.1, 0.15) is 0 Å². The summed E-state index contributed by atoms with van der Waals surface area (Å²) in [5.41, 5.74) is 0. The summed E-state index contributed by atoms with van der Waals surface area (Å²) in [6.45, 7) is 7.36. The first-order valence-corrected chi connectivity index (χ1v) is 6.80. The average Bonchev–Trinajstić information content (AvgIpc) is 2.40. The summed E-state index contributed by atoms with van der Waals surface area (Å²) in [6.07, 6.45) is 0.220. The molecule has 3 unspecified atom stereocenters. The van der Waals surface area contributed by atoms with Crippen molar-refractivity contribution in [2.75, 3.05) is 33.4 Å². The molecule has 3 N–H and O–H groups in total. The van der Waals surface area contributed by atoms with E-state index in [9.17, 15) is 9.90 Å². The zero-order valence-electron chi connectivity index (χ0n) is 12.4. The van der Waals surface area contributed by atoms with Crippen LogP contribution < -0.4 is 10.6 Å². The highest BCUT2D eigenvalue weighted by atomic mass is 16.5. The van der Waals surface area contributed by atoms with Gasteiger partial charge in [0.05, 0.1) is 31.5 Å². The van der Waals surface area contributed by atoms with Crippen LogP contribution in [0.1, 0.15) is 27.2 Å². The molecule has 114 valence electrons. The Morgan fingerprint density at radius 2 is 2.00 bits per heavy atom. The molecule has 0 aromatic heterocycles. The average molecular weight is 276 g/mol. The van der Waals surface area contributed by atoms with Gasteiger partial charge in [0, 0.05) is 20.2 Å². The van der Waals surface area contributed by atoms with Gasteiger partial charge in [-0.1, -0.05) is 6.92 Å². The summed E-state index contributed by atoms with van der Waals surface area (Å²) >= 11 is 0. The highest BCUT2D eigenvalue weighted by molar-refractivity contribution is 5.81. The van der Waals surface area contributed by atoms with E-state index >= 15 is 0 Å². The second kappa shape index (κ2) is 11.2. The highest BCUT2D eigenvalue weighted by Gasteiger charge is 2.14. The Kier molecular flexibility index (Phi) is 10.8. The van der Waals surface area contributed by atoms with Crippen LogP contribution in [0, 0.1) is 0 Å². The van der Waals surface area contributed by atoms with Crippen molar-refractivity contribution < 1.29 is 19.4 Å². The second-order valence-electron chi connectivity index (χ2n) is 4.67. The lowest BCUT2D eigenvalue weighted by Crippen LogP contribution is -2.45. The van der Waals surface area contributed by atoms with Crippen molar-refractivity contribution in [2.24, 2.45) is 0 Å². The zero-order chi connectivity index (χ0) is 14.7. The van der Waals surface area contributed by atoms with Crippen LogP contribution in [0.15, 0.2) is 0 Å². The van der Waals surface area contributed by atoms with Gasteiger partial charge in [0.15, 0.2) is 0 Å². The van der Waals surface area contributed by atoms with E-state index in [1.165, 1.54) is 0 Å². The van der Waals surface area contributed by atoms with Gasteiger partial charge >= 0.3 is 0 Å². The maximum Gasteiger partial charge on any atom is 0.236 e. The van der Waals surface area contributed by atoms with E-state index in [2.05, 4.69) is 10.6 Å². The van der Waals surface area contributed by atoms with Crippen molar-refractivity contribution in [3.8, 4) is 0 Å². The number of methoxy groups -OCH3 is 1. The van der Waals surface area contributed by atoms with Gasteiger partial charge in [-0.05, 0) is 20.3 Å². The Labute approximate surface area is 115 Å². The first kappa shape index (κ1) is 18.3. The normalized spacial score (nSPS) is 15.8. The predicted octanol–water partition coefficient (Wildman–Crippen LogP) is -0.0969. The third-order valence-electron chi connectivity index (χ3n) is 2.58. The van der Waals surface area contributed by atoms with Crippen LogP contribution in [0.2, 0.25) is 0 Å². The van der Waals surface area contributed by atoms with Crippen molar-refractivity contribution >= 4 is 5.91 Å². The second-order valence-corrected chi connectivity index (χ2v) is 4.67. The van der Waals surface area contributed by atoms with Crippen LogP contribution in [0.4, 0.5) is 0 Å². The predicted molar refractivity (Wildman–Crippen MR) is 74.1 cm³/mol. The fourth-order valence-corrected chi connectivity index (χ4v) is 1.42. The number of hydrogen-bond acceptors (Lipinski definition) is 5. The molecule has 0 aromatic carbocycles. The molecule has 0 aromatic rings. The van der Waals surface area contributed by atoms with Crippen molar-refractivity contribution in [3.05, 3.63) is 0 Å². The van der Waals surface area contributed by atoms with Crippen molar-refractivity contribution in [1.82, 2.24) is 10.6 Å². The van der Waals surface area contributed by atoms with Crippen molar-refractivity contribution in [1.29, 1.82) is 0 Å². The smallest absolute Gasteiger partial charge is 0.236 e. The molecule has 6 heteroatoms. The number of hydrogen-bond donors (Lipinski definition) is 3. The summed E-state index contributed by atoms with van der Waals surface area (Å²) < 4.78 is 10.3. The lowest BCUT2D eigenvalue weighted by molar-refractivity contribution is -0.122. The number of amides is 1. The maximum absolute atomic E-state index is 11.6. The van der Waals surface area contributed by atoms with E-state index in [4.69, 9.17) is 9.47 Å². The topological polar surface area (TPSA) is 79.8 Å². The lowest BCUT2D eigenvalue weighted by Gasteiger charge is -2.18. The van der Waals surface area contributed by atoms with Gasteiger partial charge < -0.3 is 25.2 Å². The van der Waals surface area contributed by atoms with E-state index in [0.29, 0.717) is 19.7 Å². The molecule has 0 radical (unpaired) electrons. The summed E-state index contributed by atoms with van der Waals surface area (Å²) in [7, 11) is 1.61. The molecule has 0 aliphatic heterocycles. The van der Waals surface area contributed by atoms with E-state index in [0.717, 1.165) is 6.42 Å². The monoisotopic (exact) mass is 276 g/mol. The number of ether oxygens (including phenoxy) is 2. The van der Waals surface area contributed by atoms with Gasteiger partial charge in [-0.15, -0.1) is 0 Å². The quantitative estimate of drug-likeness (QED) is 0.491. The van der Waals surface area contributed by atoms with E-state index in [-0.39, 0.29) is 24.7 Å². The minimum atomic E-state index is -0.638. The number of nitrogens with one attached hydrogen (secondary N) is 2. The molecule has 0 saturated heterocycles. The minimum Gasteiger partial charge on any atom is -0.389 e. The third-order valence-corrected chi connectivity index (χ3v) is 2.58. The molecule has 0 bridgehead atoms. The molecule has 0 fully saturated rings. The highest BCUT2D eigenvalue weighted by Crippen LogP contribution is 1.94. The molecule has 0 rings (SSSR count). The van der Waals surface area contributed by atoms with E-state index < -0.39 is 6.10 Å². The zero-order valence-corrected chi connectivity index (χ0v) is 12.4. The molecular weight excluding hydrogens is 248 g/mol. The van der Waals surface area contributed by atoms with Crippen LogP contribution in [0.3, 0.4) is 0 Å². The molecule has 0 heterocycles. The van der Waals surface area contributed by atoms with Gasteiger partial charge in [-0.3, -0.25) is 4.79 Å². The van der Waals surface area contributed by atoms with E-state index in [1.807, 2.05) is 13.8 Å². The lowest BCUT2D eigenvalue weighted by atomic mass is 10.2. The molecule has 19 heavy (non-hydrogen) atoms. The Morgan fingerprint density at radius 3 is 2.58 bits per heavy atom. The molecule has 6 nitrogen and oxygen atoms in total. The number of carbonyl (C=O) groups is 1. The third kappa shape index (κ3) is 9.84. The number of aliphatic hydroxyl groups excluding tert-OH is 1. The summed E-state index contributed by atoms with van der Waals surface area (Å²) in [6, 6.07) is -0.322. The van der Waals surface area contributed by atoms with Crippen molar-refractivity contribution in [2.45, 2.75) is 45.4 Å². The Bertz CT molecular complexity index is 239. The Balaban J connectivity index is 3.71. The summed E-state index contributed by atoms with van der Waals surface area (Å²) in [4.78, 5) is 11.6. The molecule has 0 aliphatic rings. The van der Waals surface area contributed by atoms with Crippen LogP contribution in [-0.4, -0.2) is 62.7 Å². The van der Waals surface area contributed by atoms with Crippen LogP contribution >= 0.6 is 0 Å². The first-order chi connectivity index (χ1) is 9.01. The van der Waals surface area contributed by atoms with Gasteiger partial charge in [0.2, 0.25) is 5.91 Å². The van der Waals surface area contributed by atoms with E-state index in [1.54, 1.807) is 14.0 Å². The SMILES string of the molecule is CCCNC(=O)C(C)NCC(O)COC(C)COC. The summed E-state index contributed by atoms with van der Waals surface area (Å²) in [5, 5.41) is 15.5. The summed E-state index contributed by atoms with van der Waals surface area (Å²) in [5.74, 6) is -0.0530. The maximum atomic E-state index is 11.6. The largest absolute Gasteiger partial charge is 0.389 e. The van der Waals surface area contributed by atoms with Gasteiger partial charge in [0.25, 0.3) is 0 Å².